The maximum absolute atomic E-state index is 12.4. The first-order chi connectivity index (χ1) is 16.5. The lowest BCUT2D eigenvalue weighted by molar-refractivity contribution is -0.118. The molecular formula is C26H22ClN3O4. The Balaban J connectivity index is 1.62. The van der Waals surface area contributed by atoms with Gasteiger partial charge in [-0.3, -0.25) is 9.59 Å². The van der Waals surface area contributed by atoms with Crippen molar-refractivity contribution in [2.45, 2.75) is 6.54 Å². The number of rotatable bonds is 9. The van der Waals surface area contributed by atoms with E-state index in [1.165, 1.54) is 13.2 Å². The van der Waals surface area contributed by atoms with Crippen LogP contribution in [0.4, 0.5) is 5.69 Å². The van der Waals surface area contributed by atoms with E-state index in [1.807, 2.05) is 36.4 Å². The van der Waals surface area contributed by atoms with Gasteiger partial charge >= 0.3 is 0 Å². The lowest BCUT2D eigenvalue weighted by atomic mass is 10.1. The molecule has 0 aliphatic carbocycles. The average molecular weight is 476 g/mol. The third kappa shape index (κ3) is 7.12. The highest BCUT2D eigenvalue weighted by molar-refractivity contribution is 6.30. The molecule has 0 bridgehead atoms. The number of methoxy groups -OCH3 is 1. The molecule has 7 nitrogen and oxygen atoms in total. The molecule has 0 aliphatic rings. The Hall–Kier alpha value is -4.28. The Labute approximate surface area is 202 Å². The third-order valence-corrected chi connectivity index (χ3v) is 4.90. The molecule has 2 N–H and O–H groups in total. The zero-order chi connectivity index (χ0) is 24.3. The smallest absolute Gasteiger partial charge is 0.262 e. The zero-order valence-electron chi connectivity index (χ0n) is 18.4. The zero-order valence-corrected chi connectivity index (χ0v) is 19.1. The van der Waals surface area contributed by atoms with E-state index in [0.29, 0.717) is 34.3 Å². The summed E-state index contributed by atoms with van der Waals surface area (Å²) in [5, 5.41) is 15.4. The number of nitrogens with zero attached hydrogens (tertiary/aromatic N) is 1. The first-order valence-electron chi connectivity index (χ1n) is 10.3. The second-order valence-corrected chi connectivity index (χ2v) is 7.53. The molecule has 2 amide bonds. The van der Waals surface area contributed by atoms with Gasteiger partial charge in [0, 0.05) is 17.3 Å². The number of benzene rings is 3. The van der Waals surface area contributed by atoms with Crippen molar-refractivity contribution in [3.05, 3.63) is 94.5 Å². The summed E-state index contributed by atoms with van der Waals surface area (Å²) in [6.45, 7) is 0.0758. The first kappa shape index (κ1) is 24.4. The molecule has 3 aromatic carbocycles. The highest BCUT2D eigenvalue weighted by atomic mass is 35.5. The van der Waals surface area contributed by atoms with E-state index in [4.69, 9.17) is 21.1 Å². The van der Waals surface area contributed by atoms with Crippen LogP contribution in [-0.2, 0) is 16.1 Å². The summed E-state index contributed by atoms with van der Waals surface area (Å²) in [5.41, 5.74) is 2.05. The lowest BCUT2D eigenvalue weighted by Crippen LogP contribution is -2.23. The number of hydrogen-bond donors (Lipinski definition) is 2. The highest BCUT2D eigenvalue weighted by Gasteiger charge is 2.12. The molecule has 0 fully saturated rings. The molecule has 0 aromatic heterocycles. The van der Waals surface area contributed by atoms with Gasteiger partial charge in [0.25, 0.3) is 11.8 Å². The molecule has 0 aliphatic heterocycles. The second-order valence-electron chi connectivity index (χ2n) is 7.09. The van der Waals surface area contributed by atoms with Crippen LogP contribution in [0.1, 0.15) is 11.1 Å². The summed E-state index contributed by atoms with van der Waals surface area (Å²) >= 11 is 5.84. The van der Waals surface area contributed by atoms with Crippen LogP contribution in [-0.4, -0.2) is 25.5 Å². The topological polar surface area (TPSA) is 100 Å². The minimum absolute atomic E-state index is 0.0472. The largest absolute Gasteiger partial charge is 0.493 e. The molecule has 0 radical (unpaired) electrons. The van der Waals surface area contributed by atoms with Crippen molar-refractivity contribution >= 4 is 35.2 Å². The number of anilines is 1. The molecule has 0 atom stereocenters. The predicted molar refractivity (Wildman–Crippen MR) is 130 cm³/mol. The van der Waals surface area contributed by atoms with Gasteiger partial charge in [0.05, 0.1) is 7.11 Å². The van der Waals surface area contributed by atoms with Gasteiger partial charge in [0.15, 0.2) is 18.1 Å². The van der Waals surface area contributed by atoms with Crippen LogP contribution in [0.2, 0.25) is 5.02 Å². The maximum Gasteiger partial charge on any atom is 0.262 e. The van der Waals surface area contributed by atoms with E-state index in [0.717, 1.165) is 5.56 Å². The molecule has 0 saturated heterocycles. The Morgan fingerprint density at radius 3 is 2.44 bits per heavy atom. The van der Waals surface area contributed by atoms with Gasteiger partial charge in [-0.15, -0.1) is 0 Å². The summed E-state index contributed by atoms with van der Waals surface area (Å²) in [4.78, 5) is 24.6. The Morgan fingerprint density at radius 2 is 1.76 bits per heavy atom. The molecule has 0 unspecified atom stereocenters. The second kappa shape index (κ2) is 12.1. The van der Waals surface area contributed by atoms with Crippen molar-refractivity contribution in [3.63, 3.8) is 0 Å². The number of carbonyl (C=O) groups is 2. The van der Waals surface area contributed by atoms with Crippen LogP contribution in [0.15, 0.2) is 78.4 Å². The van der Waals surface area contributed by atoms with Gasteiger partial charge in [-0.1, -0.05) is 48.0 Å². The quantitative estimate of drug-likeness (QED) is 0.348. The normalized spacial score (nSPS) is 10.7. The minimum atomic E-state index is -0.482. The number of halogens is 1. The molecule has 172 valence electrons. The summed E-state index contributed by atoms with van der Waals surface area (Å²) in [7, 11) is 1.46. The van der Waals surface area contributed by atoms with Crippen molar-refractivity contribution < 1.29 is 19.1 Å². The number of ether oxygens (including phenoxy) is 2. The minimum Gasteiger partial charge on any atom is -0.493 e. The average Bonchev–Trinajstić information content (AvgIpc) is 2.86. The Kier molecular flexibility index (Phi) is 8.67. The SMILES string of the molecule is COc1cc(/C=C(\C#N)C(=O)NCc2ccccc2)ccc1OCC(=O)Nc1ccc(Cl)cc1. The first-order valence-corrected chi connectivity index (χ1v) is 10.7. The summed E-state index contributed by atoms with van der Waals surface area (Å²) in [6, 6.07) is 22.9. The van der Waals surface area contributed by atoms with Crippen molar-refractivity contribution in [1.29, 1.82) is 5.26 Å². The molecule has 34 heavy (non-hydrogen) atoms. The van der Waals surface area contributed by atoms with E-state index < -0.39 is 5.91 Å². The monoisotopic (exact) mass is 475 g/mol. The van der Waals surface area contributed by atoms with E-state index in [1.54, 1.807) is 42.5 Å². The number of hydrogen-bond acceptors (Lipinski definition) is 5. The van der Waals surface area contributed by atoms with Crippen LogP contribution >= 0.6 is 11.6 Å². The number of nitrogens with one attached hydrogen (secondary N) is 2. The van der Waals surface area contributed by atoms with Crippen LogP contribution in [0.3, 0.4) is 0 Å². The predicted octanol–water partition coefficient (Wildman–Crippen LogP) is 4.59. The highest BCUT2D eigenvalue weighted by Crippen LogP contribution is 2.29. The number of amides is 2. The molecule has 3 rings (SSSR count). The molecule has 3 aromatic rings. The van der Waals surface area contributed by atoms with Gasteiger partial charge < -0.3 is 20.1 Å². The molecule has 0 saturated carbocycles. The van der Waals surface area contributed by atoms with Gasteiger partial charge in [-0.25, -0.2) is 0 Å². The summed E-state index contributed by atoms with van der Waals surface area (Å²) in [5.74, 6) is -0.132. The van der Waals surface area contributed by atoms with E-state index in [-0.39, 0.29) is 18.1 Å². The Morgan fingerprint density at radius 1 is 1.03 bits per heavy atom. The summed E-state index contributed by atoms with van der Waals surface area (Å²) < 4.78 is 10.9. The van der Waals surface area contributed by atoms with Gasteiger partial charge in [0.1, 0.15) is 11.6 Å². The fraction of sp³-hybridized carbons (Fsp3) is 0.115. The van der Waals surface area contributed by atoms with Crippen molar-refractivity contribution in [2.24, 2.45) is 0 Å². The molecular weight excluding hydrogens is 454 g/mol. The molecule has 0 heterocycles. The van der Waals surface area contributed by atoms with Gasteiger partial charge in [-0.05, 0) is 53.6 Å². The number of nitriles is 1. The van der Waals surface area contributed by atoms with Crippen LogP contribution in [0.25, 0.3) is 6.08 Å². The van der Waals surface area contributed by atoms with E-state index in [2.05, 4.69) is 10.6 Å². The van der Waals surface area contributed by atoms with Gasteiger partial charge in [0.2, 0.25) is 0 Å². The molecule has 8 heteroatoms. The van der Waals surface area contributed by atoms with E-state index in [9.17, 15) is 14.9 Å². The fourth-order valence-electron chi connectivity index (χ4n) is 2.96. The van der Waals surface area contributed by atoms with Gasteiger partial charge in [-0.2, -0.15) is 5.26 Å². The van der Waals surface area contributed by atoms with Crippen LogP contribution in [0, 0.1) is 11.3 Å². The standard InChI is InChI=1S/C26H22ClN3O4/c1-33-24-14-19(13-20(15-28)26(32)29-16-18-5-3-2-4-6-18)7-12-23(24)34-17-25(31)30-22-10-8-21(27)9-11-22/h2-14H,16-17H2,1H3,(H,29,32)(H,30,31)/b20-13+. The fourth-order valence-corrected chi connectivity index (χ4v) is 3.08. The summed E-state index contributed by atoms with van der Waals surface area (Å²) in [6.07, 6.45) is 1.46. The van der Waals surface area contributed by atoms with Crippen LogP contribution < -0.4 is 20.1 Å². The van der Waals surface area contributed by atoms with E-state index >= 15 is 0 Å². The third-order valence-electron chi connectivity index (χ3n) is 4.65. The number of carbonyl (C=O) groups excluding carboxylic acids is 2. The molecule has 0 spiro atoms. The van der Waals surface area contributed by atoms with Crippen molar-refractivity contribution in [3.8, 4) is 17.6 Å². The van der Waals surface area contributed by atoms with Crippen molar-refractivity contribution in [1.82, 2.24) is 5.32 Å². The maximum atomic E-state index is 12.4. The van der Waals surface area contributed by atoms with Crippen LogP contribution in [0.5, 0.6) is 11.5 Å². The lowest BCUT2D eigenvalue weighted by Gasteiger charge is -2.12. The Bertz CT molecular complexity index is 1220. The van der Waals surface area contributed by atoms with Crippen molar-refractivity contribution in [2.75, 3.05) is 19.0 Å².